The van der Waals surface area contributed by atoms with Crippen molar-refractivity contribution in [1.29, 1.82) is 0 Å². The highest BCUT2D eigenvalue weighted by Crippen LogP contribution is 2.47. The fraction of sp³-hybridized carbons (Fsp3) is 0.444. The summed E-state index contributed by atoms with van der Waals surface area (Å²) < 4.78 is 0. The van der Waals surface area contributed by atoms with Crippen molar-refractivity contribution < 1.29 is 14.7 Å². The van der Waals surface area contributed by atoms with Crippen LogP contribution in [0.15, 0.2) is 5.38 Å². The lowest BCUT2D eigenvalue weighted by atomic mass is 10.2. The molecule has 1 saturated carbocycles. The van der Waals surface area contributed by atoms with Gasteiger partial charge in [0.05, 0.1) is 11.6 Å². The summed E-state index contributed by atoms with van der Waals surface area (Å²) in [5.74, 6) is -1.20. The molecule has 0 unspecified atom stereocenters. The van der Waals surface area contributed by atoms with Crippen LogP contribution < -0.4 is 5.32 Å². The van der Waals surface area contributed by atoms with E-state index in [1.807, 2.05) is 0 Å². The molecular weight excluding hydrogens is 216 g/mol. The highest BCUT2D eigenvalue weighted by Gasteiger charge is 2.45. The van der Waals surface area contributed by atoms with Gasteiger partial charge in [0.15, 0.2) is 5.13 Å². The van der Waals surface area contributed by atoms with Crippen LogP contribution in [0.2, 0.25) is 0 Å². The number of carbonyl (C=O) groups is 2. The summed E-state index contributed by atoms with van der Waals surface area (Å²) in [5, 5.41) is 13.7. The van der Waals surface area contributed by atoms with Crippen molar-refractivity contribution in [1.82, 2.24) is 4.98 Å². The third kappa shape index (κ3) is 2.15. The van der Waals surface area contributed by atoms with E-state index in [0.717, 1.165) is 5.69 Å². The molecule has 0 saturated heterocycles. The van der Waals surface area contributed by atoms with E-state index < -0.39 is 5.97 Å². The van der Waals surface area contributed by atoms with Gasteiger partial charge in [-0.1, -0.05) is 0 Å². The summed E-state index contributed by atoms with van der Waals surface area (Å²) >= 11 is 1.32. The number of rotatable bonds is 3. The smallest absolute Gasteiger partial charge is 0.307 e. The van der Waals surface area contributed by atoms with E-state index in [-0.39, 0.29) is 17.7 Å². The van der Waals surface area contributed by atoms with Gasteiger partial charge >= 0.3 is 5.97 Å². The normalized spacial score (nSPS) is 23.5. The highest BCUT2D eigenvalue weighted by atomic mass is 32.1. The van der Waals surface area contributed by atoms with E-state index >= 15 is 0 Å². The Labute approximate surface area is 90.1 Å². The van der Waals surface area contributed by atoms with Crippen LogP contribution in [0.25, 0.3) is 0 Å². The van der Waals surface area contributed by atoms with Crippen molar-refractivity contribution >= 4 is 28.3 Å². The quantitative estimate of drug-likeness (QED) is 0.813. The molecule has 1 aromatic heterocycles. The third-order valence-electron chi connectivity index (χ3n) is 2.29. The van der Waals surface area contributed by atoms with E-state index in [4.69, 9.17) is 5.11 Å². The number of aromatic nitrogens is 1. The average molecular weight is 226 g/mol. The summed E-state index contributed by atoms with van der Waals surface area (Å²) in [4.78, 5) is 25.5. The van der Waals surface area contributed by atoms with E-state index in [1.165, 1.54) is 18.3 Å². The Hall–Kier alpha value is -1.43. The fourth-order valence-electron chi connectivity index (χ4n) is 1.46. The van der Waals surface area contributed by atoms with Crippen LogP contribution in [-0.2, 0) is 9.59 Å². The van der Waals surface area contributed by atoms with Gasteiger partial charge in [-0.25, -0.2) is 4.98 Å². The van der Waals surface area contributed by atoms with Gasteiger partial charge in [0, 0.05) is 18.2 Å². The third-order valence-corrected chi connectivity index (χ3v) is 3.07. The molecular formula is C9H10N2O3S. The SMILES string of the molecule is CC(=O)Nc1nc([C@@H]2C[C@H]2C(=O)O)cs1. The lowest BCUT2D eigenvalue weighted by Crippen LogP contribution is -2.05. The average Bonchev–Trinajstić information content (AvgIpc) is 2.81. The zero-order chi connectivity index (χ0) is 11.0. The predicted molar refractivity (Wildman–Crippen MR) is 54.9 cm³/mol. The van der Waals surface area contributed by atoms with Gasteiger partial charge < -0.3 is 10.4 Å². The Bertz CT molecular complexity index is 415. The van der Waals surface area contributed by atoms with Crippen LogP contribution in [0.4, 0.5) is 5.13 Å². The Morgan fingerprint density at radius 1 is 1.67 bits per heavy atom. The van der Waals surface area contributed by atoms with E-state index in [2.05, 4.69) is 10.3 Å². The van der Waals surface area contributed by atoms with Crippen LogP contribution in [0.3, 0.4) is 0 Å². The molecule has 1 amide bonds. The van der Waals surface area contributed by atoms with E-state index in [9.17, 15) is 9.59 Å². The van der Waals surface area contributed by atoms with Crippen molar-refractivity contribution in [3.8, 4) is 0 Å². The topological polar surface area (TPSA) is 79.3 Å². The van der Waals surface area contributed by atoms with E-state index in [0.29, 0.717) is 11.6 Å². The first-order chi connectivity index (χ1) is 7.08. The number of aliphatic carboxylic acids is 1. The van der Waals surface area contributed by atoms with E-state index in [1.54, 1.807) is 5.38 Å². The fourth-order valence-corrected chi connectivity index (χ4v) is 2.28. The molecule has 5 nitrogen and oxygen atoms in total. The summed E-state index contributed by atoms with van der Waals surface area (Å²) in [5.41, 5.74) is 0.774. The molecule has 2 atom stereocenters. The van der Waals surface area contributed by atoms with Crippen molar-refractivity contribution in [2.24, 2.45) is 5.92 Å². The second-order valence-corrected chi connectivity index (χ2v) is 4.40. The molecule has 2 N–H and O–H groups in total. The lowest BCUT2D eigenvalue weighted by molar-refractivity contribution is -0.138. The van der Waals surface area contributed by atoms with Gasteiger partial charge in [-0.3, -0.25) is 9.59 Å². The minimum absolute atomic E-state index is 0.0289. The highest BCUT2D eigenvalue weighted by molar-refractivity contribution is 7.13. The van der Waals surface area contributed by atoms with Crippen LogP contribution in [0.5, 0.6) is 0 Å². The standard InChI is InChI=1S/C9H10N2O3S/c1-4(12)10-9-11-7(3-15-9)5-2-6(5)8(13)14/h3,5-6H,2H2,1H3,(H,13,14)(H,10,11,12)/t5-,6-/m1/s1. The number of nitrogens with zero attached hydrogens (tertiary/aromatic N) is 1. The van der Waals surface area contributed by atoms with Crippen molar-refractivity contribution in [2.45, 2.75) is 19.3 Å². The first kappa shape index (κ1) is 10.1. The molecule has 0 aromatic carbocycles. The predicted octanol–water partition coefficient (Wildman–Crippen LogP) is 1.29. The molecule has 2 rings (SSSR count). The Morgan fingerprint density at radius 2 is 2.40 bits per heavy atom. The van der Waals surface area contributed by atoms with Gasteiger partial charge in [-0.2, -0.15) is 0 Å². The second-order valence-electron chi connectivity index (χ2n) is 3.55. The Morgan fingerprint density at radius 3 is 2.93 bits per heavy atom. The van der Waals surface area contributed by atoms with Crippen LogP contribution in [0, 0.1) is 5.92 Å². The summed E-state index contributed by atoms with van der Waals surface area (Å²) in [7, 11) is 0. The first-order valence-electron chi connectivity index (χ1n) is 4.53. The molecule has 6 heteroatoms. The number of amides is 1. The van der Waals surface area contributed by atoms with Gasteiger partial charge in [0.2, 0.25) is 5.91 Å². The number of thiazole rings is 1. The summed E-state index contributed by atoms with van der Waals surface area (Å²) in [6.45, 7) is 1.41. The number of carboxylic acid groups (broad SMARTS) is 1. The van der Waals surface area contributed by atoms with Gasteiger partial charge in [-0.05, 0) is 6.42 Å². The number of hydrogen-bond acceptors (Lipinski definition) is 4. The Balaban J connectivity index is 2.03. The van der Waals surface area contributed by atoms with Gasteiger partial charge in [0.1, 0.15) is 0 Å². The molecule has 1 heterocycles. The van der Waals surface area contributed by atoms with Crippen LogP contribution in [0.1, 0.15) is 25.0 Å². The second kappa shape index (κ2) is 3.62. The first-order valence-corrected chi connectivity index (χ1v) is 5.41. The number of carbonyl (C=O) groups excluding carboxylic acids is 1. The molecule has 80 valence electrons. The largest absolute Gasteiger partial charge is 0.481 e. The molecule has 1 fully saturated rings. The maximum atomic E-state index is 10.7. The van der Waals surface area contributed by atoms with Crippen LogP contribution >= 0.6 is 11.3 Å². The molecule has 0 radical (unpaired) electrons. The van der Waals surface area contributed by atoms with Gasteiger partial charge in [0.25, 0.3) is 0 Å². The lowest BCUT2D eigenvalue weighted by Gasteiger charge is -1.93. The zero-order valence-corrected chi connectivity index (χ0v) is 8.87. The van der Waals surface area contributed by atoms with Crippen molar-refractivity contribution in [3.05, 3.63) is 11.1 Å². The molecule has 0 bridgehead atoms. The number of hydrogen-bond donors (Lipinski definition) is 2. The number of anilines is 1. The maximum Gasteiger partial charge on any atom is 0.307 e. The monoisotopic (exact) mass is 226 g/mol. The summed E-state index contributed by atoms with van der Waals surface area (Å²) in [6.07, 6.45) is 0.651. The van der Waals surface area contributed by atoms with Crippen molar-refractivity contribution in [3.63, 3.8) is 0 Å². The molecule has 0 aliphatic heterocycles. The minimum atomic E-state index is -0.769. The zero-order valence-electron chi connectivity index (χ0n) is 8.06. The number of nitrogens with one attached hydrogen (secondary N) is 1. The Kier molecular flexibility index (Phi) is 2.44. The summed E-state index contributed by atoms with van der Waals surface area (Å²) in [6, 6.07) is 0. The minimum Gasteiger partial charge on any atom is -0.481 e. The number of carboxylic acids is 1. The molecule has 1 aliphatic carbocycles. The molecule has 1 aromatic rings. The van der Waals surface area contributed by atoms with Crippen LogP contribution in [-0.4, -0.2) is 22.0 Å². The van der Waals surface area contributed by atoms with Gasteiger partial charge in [-0.15, -0.1) is 11.3 Å². The molecule has 0 spiro atoms. The molecule has 1 aliphatic rings. The maximum absolute atomic E-state index is 10.7. The van der Waals surface area contributed by atoms with Crippen molar-refractivity contribution in [2.75, 3.05) is 5.32 Å². The molecule has 15 heavy (non-hydrogen) atoms.